The highest BCUT2D eigenvalue weighted by molar-refractivity contribution is 6.42. The highest BCUT2D eigenvalue weighted by Crippen LogP contribution is 2.25. The second-order valence-corrected chi connectivity index (χ2v) is 6.49. The fraction of sp³-hybridized carbons (Fsp3) is 0.500. The van der Waals surface area contributed by atoms with Crippen LogP contribution in [0.2, 0.25) is 10.0 Å². The molecule has 0 aromatic heterocycles. The number of hydrogen-bond acceptors (Lipinski definition) is 3. The van der Waals surface area contributed by atoms with E-state index in [1.165, 1.54) is 0 Å². The minimum absolute atomic E-state index is 0.0584. The molecule has 7 heteroatoms. The number of carbonyl (C=O) groups is 2. The summed E-state index contributed by atoms with van der Waals surface area (Å²) in [5.74, 6) is -1.08. The Morgan fingerprint density at radius 3 is 2.61 bits per heavy atom. The van der Waals surface area contributed by atoms with Crippen LogP contribution in [0.25, 0.3) is 0 Å². The molecule has 0 atom stereocenters. The summed E-state index contributed by atoms with van der Waals surface area (Å²) in [6.07, 6.45) is 1.81. The number of benzene rings is 1. The SMILES string of the molecule is O=C(CN1CCC(C(=O)O)CC1)NCCc1cccc(Cl)c1Cl. The molecule has 0 aliphatic carbocycles. The molecule has 1 aromatic carbocycles. The highest BCUT2D eigenvalue weighted by Gasteiger charge is 2.25. The standard InChI is InChI=1S/C16H20Cl2N2O3/c17-13-3-1-2-11(15(13)18)4-7-19-14(21)10-20-8-5-12(6-9-20)16(22)23/h1-3,12H,4-10H2,(H,19,21)(H,22,23). The number of aliphatic carboxylic acids is 1. The second kappa shape index (κ2) is 8.52. The Bertz CT molecular complexity index is 572. The van der Waals surface area contributed by atoms with Crippen LogP contribution in [-0.4, -0.2) is 48.1 Å². The maximum atomic E-state index is 11.9. The third kappa shape index (κ3) is 5.37. The molecule has 0 bridgehead atoms. The number of carboxylic acid groups (broad SMARTS) is 1. The van der Waals surface area contributed by atoms with Gasteiger partial charge in [0, 0.05) is 6.54 Å². The Hall–Kier alpha value is -1.30. The predicted molar refractivity (Wildman–Crippen MR) is 90.0 cm³/mol. The zero-order valence-electron chi connectivity index (χ0n) is 12.7. The molecule has 0 spiro atoms. The summed E-state index contributed by atoms with van der Waals surface area (Å²) in [6, 6.07) is 5.45. The van der Waals surface area contributed by atoms with Gasteiger partial charge in [-0.05, 0) is 44.0 Å². The molecule has 1 saturated heterocycles. The van der Waals surface area contributed by atoms with Gasteiger partial charge in [0.15, 0.2) is 0 Å². The van der Waals surface area contributed by atoms with Crippen molar-refractivity contribution in [3.8, 4) is 0 Å². The highest BCUT2D eigenvalue weighted by atomic mass is 35.5. The molecule has 1 aliphatic heterocycles. The minimum Gasteiger partial charge on any atom is -0.481 e. The Morgan fingerprint density at radius 1 is 1.26 bits per heavy atom. The number of nitrogens with zero attached hydrogens (tertiary/aromatic N) is 1. The fourth-order valence-corrected chi connectivity index (χ4v) is 3.09. The van der Waals surface area contributed by atoms with Gasteiger partial charge < -0.3 is 10.4 Å². The Kier molecular flexibility index (Phi) is 6.69. The summed E-state index contributed by atoms with van der Waals surface area (Å²) >= 11 is 12.1. The Balaban J connectivity index is 1.70. The van der Waals surface area contributed by atoms with Crippen molar-refractivity contribution in [3.05, 3.63) is 33.8 Å². The lowest BCUT2D eigenvalue weighted by Crippen LogP contribution is -2.43. The molecule has 1 amide bonds. The summed E-state index contributed by atoms with van der Waals surface area (Å²) in [7, 11) is 0. The van der Waals surface area contributed by atoms with Gasteiger partial charge in [-0.15, -0.1) is 0 Å². The third-order valence-electron chi connectivity index (χ3n) is 4.05. The van der Waals surface area contributed by atoms with Crippen molar-refractivity contribution in [1.29, 1.82) is 0 Å². The molecule has 126 valence electrons. The van der Waals surface area contributed by atoms with E-state index in [0.717, 1.165) is 5.56 Å². The zero-order chi connectivity index (χ0) is 16.8. The van der Waals surface area contributed by atoms with Gasteiger partial charge in [0.25, 0.3) is 0 Å². The van der Waals surface area contributed by atoms with Crippen molar-refractivity contribution < 1.29 is 14.7 Å². The number of nitrogens with one attached hydrogen (secondary N) is 1. The maximum Gasteiger partial charge on any atom is 0.306 e. The van der Waals surface area contributed by atoms with Crippen molar-refractivity contribution in [3.63, 3.8) is 0 Å². The summed E-state index contributed by atoms with van der Waals surface area (Å²) in [4.78, 5) is 24.8. The third-order valence-corrected chi connectivity index (χ3v) is 4.91. The lowest BCUT2D eigenvalue weighted by Gasteiger charge is -2.29. The lowest BCUT2D eigenvalue weighted by atomic mass is 9.97. The smallest absolute Gasteiger partial charge is 0.306 e. The van der Waals surface area contributed by atoms with Gasteiger partial charge in [-0.3, -0.25) is 14.5 Å². The summed E-state index contributed by atoms with van der Waals surface area (Å²) in [6.45, 7) is 2.08. The number of amides is 1. The van der Waals surface area contributed by atoms with Crippen molar-refractivity contribution in [2.75, 3.05) is 26.2 Å². The van der Waals surface area contributed by atoms with Crippen LogP contribution in [0.4, 0.5) is 0 Å². The van der Waals surface area contributed by atoms with Gasteiger partial charge >= 0.3 is 5.97 Å². The molecule has 0 radical (unpaired) electrons. The summed E-state index contributed by atoms with van der Waals surface area (Å²) in [5.41, 5.74) is 0.904. The van der Waals surface area contributed by atoms with Gasteiger partial charge in [-0.1, -0.05) is 35.3 Å². The fourth-order valence-electron chi connectivity index (χ4n) is 2.68. The van der Waals surface area contributed by atoms with Crippen molar-refractivity contribution >= 4 is 35.1 Å². The second-order valence-electron chi connectivity index (χ2n) is 5.70. The van der Waals surface area contributed by atoms with E-state index in [2.05, 4.69) is 5.32 Å². The van der Waals surface area contributed by atoms with Crippen LogP contribution >= 0.6 is 23.2 Å². The van der Waals surface area contributed by atoms with Gasteiger partial charge in [-0.25, -0.2) is 0 Å². The van der Waals surface area contributed by atoms with E-state index in [9.17, 15) is 9.59 Å². The first kappa shape index (κ1) is 18.0. The van der Waals surface area contributed by atoms with Crippen molar-refractivity contribution in [1.82, 2.24) is 10.2 Å². The number of carbonyl (C=O) groups excluding carboxylic acids is 1. The molecule has 0 unspecified atom stereocenters. The summed E-state index contributed by atoms with van der Waals surface area (Å²) in [5, 5.41) is 12.9. The van der Waals surface area contributed by atoms with Crippen LogP contribution in [0.15, 0.2) is 18.2 Å². The molecule has 1 aromatic rings. The first-order valence-electron chi connectivity index (χ1n) is 7.62. The molecule has 5 nitrogen and oxygen atoms in total. The van der Waals surface area contributed by atoms with Crippen LogP contribution in [0.5, 0.6) is 0 Å². The van der Waals surface area contributed by atoms with E-state index < -0.39 is 5.97 Å². The average Bonchev–Trinajstić information content (AvgIpc) is 2.52. The summed E-state index contributed by atoms with van der Waals surface area (Å²) < 4.78 is 0. The van der Waals surface area contributed by atoms with Gasteiger partial charge in [-0.2, -0.15) is 0 Å². The van der Waals surface area contributed by atoms with E-state index in [0.29, 0.717) is 55.5 Å². The molecule has 1 heterocycles. The minimum atomic E-state index is -0.743. The maximum absolute atomic E-state index is 11.9. The lowest BCUT2D eigenvalue weighted by molar-refractivity contribution is -0.143. The molecule has 2 rings (SSSR count). The average molecular weight is 359 g/mol. The quantitative estimate of drug-likeness (QED) is 0.819. The zero-order valence-corrected chi connectivity index (χ0v) is 14.2. The van der Waals surface area contributed by atoms with Crippen LogP contribution in [-0.2, 0) is 16.0 Å². The number of hydrogen-bond donors (Lipinski definition) is 2. The molecule has 1 fully saturated rings. The van der Waals surface area contributed by atoms with Gasteiger partial charge in [0.05, 0.1) is 22.5 Å². The first-order valence-corrected chi connectivity index (χ1v) is 8.37. The first-order chi connectivity index (χ1) is 11.0. The normalized spacial score (nSPS) is 16.3. The molecular formula is C16H20Cl2N2O3. The van der Waals surface area contributed by atoms with Crippen LogP contribution in [0, 0.1) is 5.92 Å². The molecular weight excluding hydrogens is 339 g/mol. The number of likely N-dealkylation sites (tertiary alicyclic amines) is 1. The molecule has 23 heavy (non-hydrogen) atoms. The van der Waals surface area contributed by atoms with E-state index in [1.807, 2.05) is 17.0 Å². The largest absolute Gasteiger partial charge is 0.481 e. The van der Waals surface area contributed by atoms with Crippen LogP contribution < -0.4 is 5.32 Å². The van der Waals surface area contributed by atoms with Crippen molar-refractivity contribution in [2.24, 2.45) is 5.92 Å². The van der Waals surface area contributed by atoms with E-state index in [-0.39, 0.29) is 11.8 Å². The van der Waals surface area contributed by atoms with E-state index in [1.54, 1.807) is 6.07 Å². The van der Waals surface area contributed by atoms with Crippen LogP contribution in [0.3, 0.4) is 0 Å². The molecule has 0 saturated carbocycles. The number of carboxylic acids is 1. The van der Waals surface area contributed by atoms with Crippen molar-refractivity contribution in [2.45, 2.75) is 19.3 Å². The van der Waals surface area contributed by atoms with E-state index in [4.69, 9.17) is 28.3 Å². The number of halogens is 2. The molecule has 1 aliphatic rings. The topological polar surface area (TPSA) is 69.6 Å². The van der Waals surface area contributed by atoms with E-state index >= 15 is 0 Å². The van der Waals surface area contributed by atoms with Crippen LogP contribution in [0.1, 0.15) is 18.4 Å². The van der Waals surface area contributed by atoms with Gasteiger partial charge in [0.1, 0.15) is 0 Å². The number of rotatable bonds is 6. The van der Waals surface area contributed by atoms with Gasteiger partial charge in [0.2, 0.25) is 5.91 Å². The Morgan fingerprint density at radius 2 is 1.96 bits per heavy atom. The monoisotopic (exact) mass is 358 g/mol. The Labute approximate surface area is 145 Å². The molecule has 2 N–H and O–H groups in total. The predicted octanol–water partition coefficient (Wildman–Crippen LogP) is 2.45. The number of piperidine rings is 1.